The highest BCUT2D eigenvalue weighted by Crippen LogP contribution is 2.16. The van der Waals surface area contributed by atoms with E-state index in [1.165, 1.54) is 13.0 Å². The molecule has 0 aliphatic rings. The van der Waals surface area contributed by atoms with Crippen molar-refractivity contribution in [1.82, 2.24) is 5.32 Å². The lowest BCUT2D eigenvalue weighted by molar-refractivity contribution is -0.164. The van der Waals surface area contributed by atoms with Crippen molar-refractivity contribution in [1.29, 1.82) is 0 Å². The number of ether oxygens (including phenoxy) is 2. The van der Waals surface area contributed by atoms with Crippen molar-refractivity contribution in [3.05, 3.63) is 11.8 Å². The Morgan fingerprint density at radius 3 is 2.50 bits per heavy atom. The van der Waals surface area contributed by atoms with E-state index in [-0.39, 0.29) is 18.4 Å². The van der Waals surface area contributed by atoms with Gasteiger partial charge in [0.25, 0.3) is 0 Å². The summed E-state index contributed by atoms with van der Waals surface area (Å²) in [6, 6.07) is -0.0101. The van der Waals surface area contributed by atoms with Crippen molar-refractivity contribution in [3.8, 4) is 0 Å². The summed E-state index contributed by atoms with van der Waals surface area (Å²) in [6.45, 7) is 3.59. The van der Waals surface area contributed by atoms with Crippen LogP contribution in [0.4, 0.5) is 18.0 Å². The quantitative estimate of drug-likeness (QED) is 0.754. The van der Waals surface area contributed by atoms with Crippen molar-refractivity contribution >= 4 is 6.09 Å². The average Bonchev–Trinajstić information content (AvgIpc) is 2.25. The number of alkyl halides is 3. The van der Waals surface area contributed by atoms with Gasteiger partial charge in [0.1, 0.15) is 6.61 Å². The van der Waals surface area contributed by atoms with E-state index in [0.717, 1.165) is 6.42 Å². The molecule has 1 N–H and O–H groups in total. The molecule has 0 aliphatic heterocycles. The maximum Gasteiger partial charge on any atom is 0.422 e. The monoisotopic (exact) mass is 269 g/mol. The van der Waals surface area contributed by atoms with Gasteiger partial charge in [-0.1, -0.05) is 6.92 Å². The molecule has 0 saturated heterocycles. The highest BCUT2D eigenvalue weighted by molar-refractivity contribution is 5.67. The lowest BCUT2D eigenvalue weighted by Crippen LogP contribution is -2.32. The van der Waals surface area contributed by atoms with Gasteiger partial charge < -0.3 is 14.8 Å². The summed E-state index contributed by atoms with van der Waals surface area (Å²) in [4.78, 5) is 11.1. The van der Waals surface area contributed by atoms with Crippen LogP contribution in [0.25, 0.3) is 0 Å². The van der Waals surface area contributed by atoms with Gasteiger partial charge in [-0.15, -0.1) is 0 Å². The summed E-state index contributed by atoms with van der Waals surface area (Å²) >= 11 is 0. The van der Waals surface area contributed by atoms with E-state index in [0.29, 0.717) is 0 Å². The summed E-state index contributed by atoms with van der Waals surface area (Å²) in [5, 5.41) is 2.55. The van der Waals surface area contributed by atoms with Crippen LogP contribution in [0, 0.1) is 0 Å². The van der Waals surface area contributed by atoms with Gasteiger partial charge >= 0.3 is 12.3 Å². The fourth-order valence-corrected chi connectivity index (χ4v) is 0.834. The van der Waals surface area contributed by atoms with Gasteiger partial charge in [0, 0.05) is 6.04 Å². The van der Waals surface area contributed by atoms with E-state index in [9.17, 15) is 18.0 Å². The van der Waals surface area contributed by atoms with Crippen molar-refractivity contribution in [2.45, 2.75) is 39.4 Å². The van der Waals surface area contributed by atoms with Crippen LogP contribution in [0.5, 0.6) is 0 Å². The largest absolute Gasteiger partial charge is 0.489 e. The van der Waals surface area contributed by atoms with E-state index < -0.39 is 18.9 Å². The molecule has 0 aliphatic carbocycles. The Labute approximate surface area is 104 Å². The first kappa shape index (κ1) is 16.6. The SMILES string of the molecule is CCC(C)NC(=O)OC/C=C(\C)OCC(F)(F)F. The molecule has 0 bridgehead atoms. The third-order valence-electron chi connectivity index (χ3n) is 2.03. The van der Waals surface area contributed by atoms with Gasteiger partial charge in [-0.3, -0.25) is 0 Å². The molecule has 0 fully saturated rings. The number of hydrogen-bond acceptors (Lipinski definition) is 3. The van der Waals surface area contributed by atoms with Crippen LogP contribution in [0.3, 0.4) is 0 Å². The smallest absolute Gasteiger partial charge is 0.422 e. The van der Waals surface area contributed by atoms with Crippen molar-refractivity contribution < 1.29 is 27.4 Å². The van der Waals surface area contributed by atoms with Gasteiger partial charge in [-0.2, -0.15) is 13.2 Å². The number of hydrogen-bond donors (Lipinski definition) is 1. The lowest BCUT2D eigenvalue weighted by Gasteiger charge is -2.11. The standard InChI is InChI=1S/C11H18F3NO3/c1-4-8(2)15-10(16)17-6-5-9(3)18-7-11(12,13)14/h5,8H,4,6-7H2,1-3H3,(H,15,16)/b9-5+. The molecule has 106 valence electrons. The summed E-state index contributed by atoms with van der Waals surface area (Å²) < 4.78 is 44.5. The number of nitrogens with one attached hydrogen (secondary N) is 1. The third kappa shape index (κ3) is 9.80. The Balaban J connectivity index is 3.84. The third-order valence-corrected chi connectivity index (χ3v) is 2.03. The fourth-order valence-electron chi connectivity index (χ4n) is 0.834. The number of amides is 1. The first-order valence-corrected chi connectivity index (χ1v) is 5.54. The predicted octanol–water partition coefficient (Wildman–Crippen LogP) is 2.99. The zero-order valence-corrected chi connectivity index (χ0v) is 10.6. The molecule has 0 heterocycles. The molecule has 18 heavy (non-hydrogen) atoms. The molecule has 1 atom stereocenters. The Morgan fingerprint density at radius 2 is 2.00 bits per heavy atom. The molecule has 0 radical (unpaired) electrons. The average molecular weight is 269 g/mol. The van der Waals surface area contributed by atoms with Crippen LogP contribution in [-0.4, -0.2) is 31.5 Å². The number of rotatable bonds is 6. The fraction of sp³-hybridized carbons (Fsp3) is 0.727. The number of carbonyl (C=O) groups is 1. The molecule has 0 aromatic rings. The number of allylic oxidation sites excluding steroid dienone is 1. The van der Waals surface area contributed by atoms with Crippen molar-refractivity contribution in [2.75, 3.05) is 13.2 Å². The summed E-state index contributed by atoms with van der Waals surface area (Å²) in [5.41, 5.74) is 0. The van der Waals surface area contributed by atoms with Gasteiger partial charge in [0.05, 0.1) is 5.76 Å². The highest BCUT2D eigenvalue weighted by atomic mass is 19.4. The van der Waals surface area contributed by atoms with Crippen LogP contribution in [0.1, 0.15) is 27.2 Å². The zero-order chi connectivity index (χ0) is 14.2. The first-order valence-electron chi connectivity index (χ1n) is 5.54. The molecular weight excluding hydrogens is 251 g/mol. The summed E-state index contributed by atoms with van der Waals surface area (Å²) in [5.74, 6) is 0.0589. The number of carbonyl (C=O) groups excluding carboxylic acids is 1. The second-order valence-corrected chi connectivity index (χ2v) is 3.77. The minimum absolute atomic E-state index is 0.0101. The van der Waals surface area contributed by atoms with E-state index in [4.69, 9.17) is 4.74 Å². The molecule has 1 amide bonds. The Kier molecular flexibility index (Phi) is 7.23. The predicted molar refractivity (Wildman–Crippen MR) is 60.0 cm³/mol. The van der Waals surface area contributed by atoms with Crippen molar-refractivity contribution in [2.24, 2.45) is 0 Å². The van der Waals surface area contributed by atoms with E-state index in [2.05, 4.69) is 10.1 Å². The van der Waals surface area contributed by atoms with Gasteiger partial charge in [-0.05, 0) is 26.3 Å². The number of alkyl carbamates (subject to hydrolysis) is 1. The van der Waals surface area contributed by atoms with Crippen LogP contribution in [0.15, 0.2) is 11.8 Å². The van der Waals surface area contributed by atoms with Crippen LogP contribution < -0.4 is 5.32 Å². The molecule has 0 aromatic carbocycles. The zero-order valence-electron chi connectivity index (χ0n) is 10.6. The van der Waals surface area contributed by atoms with Crippen LogP contribution in [0.2, 0.25) is 0 Å². The summed E-state index contributed by atoms with van der Waals surface area (Å²) in [6.07, 6.45) is -2.95. The molecule has 4 nitrogen and oxygen atoms in total. The first-order chi connectivity index (χ1) is 8.24. The van der Waals surface area contributed by atoms with Gasteiger partial charge in [0.2, 0.25) is 0 Å². The minimum atomic E-state index is -4.37. The van der Waals surface area contributed by atoms with E-state index in [1.54, 1.807) is 0 Å². The number of halogens is 3. The maximum atomic E-state index is 11.8. The molecular formula is C11H18F3NO3. The Morgan fingerprint density at radius 1 is 1.39 bits per heavy atom. The lowest BCUT2D eigenvalue weighted by atomic mass is 10.3. The second kappa shape index (κ2) is 7.84. The maximum absolute atomic E-state index is 11.8. The van der Waals surface area contributed by atoms with Crippen molar-refractivity contribution in [3.63, 3.8) is 0 Å². The topological polar surface area (TPSA) is 47.6 Å². The molecule has 0 spiro atoms. The van der Waals surface area contributed by atoms with Gasteiger partial charge in [-0.25, -0.2) is 4.79 Å². The van der Waals surface area contributed by atoms with E-state index in [1.807, 2.05) is 13.8 Å². The van der Waals surface area contributed by atoms with Crippen LogP contribution >= 0.6 is 0 Å². The highest BCUT2D eigenvalue weighted by Gasteiger charge is 2.28. The molecule has 7 heteroatoms. The Hall–Kier alpha value is -1.40. The molecule has 1 unspecified atom stereocenters. The van der Waals surface area contributed by atoms with E-state index >= 15 is 0 Å². The normalized spacial score (nSPS) is 14.0. The van der Waals surface area contributed by atoms with Crippen LogP contribution in [-0.2, 0) is 9.47 Å². The second-order valence-electron chi connectivity index (χ2n) is 3.77. The molecule has 0 saturated carbocycles. The Bertz CT molecular complexity index is 290. The minimum Gasteiger partial charge on any atom is -0.489 e. The van der Waals surface area contributed by atoms with Gasteiger partial charge in [0.15, 0.2) is 6.61 Å². The molecule has 0 rings (SSSR count). The summed E-state index contributed by atoms with van der Waals surface area (Å²) in [7, 11) is 0. The molecule has 0 aromatic heterocycles.